The molecular weight excluding hydrogens is 879 g/mol. The van der Waals surface area contributed by atoms with Crippen LogP contribution in [0.15, 0.2) is 271 Å². The molecule has 0 aromatic heterocycles. The lowest BCUT2D eigenvalue weighted by Crippen LogP contribution is -2.32. The highest BCUT2D eigenvalue weighted by Crippen LogP contribution is 2.65. The van der Waals surface area contributed by atoms with Gasteiger partial charge in [-0.15, -0.1) is 0 Å². The first-order chi connectivity index (χ1) is 35.2. The molecule has 0 saturated carbocycles. The van der Waals surface area contributed by atoms with Crippen molar-refractivity contribution in [2.24, 2.45) is 0 Å². The summed E-state index contributed by atoms with van der Waals surface area (Å²) in [5.41, 5.74) is 22.1. The Morgan fingerprint density at radius 2 is 0.704 bits per heavy atom. The van der Waals surface area contributed by atoms with Crippen molar-refractivity contribution in [2.45, 2.75) is 20.6 Å². The second kappa shape index (κ2) is 15.4. The Balaban J connectivity index is 0.960. The number of ether oxygens (including phenoxy) is 1. The van der Waals surface area contributed by atoms with Crippen LogP contribution in [0.5, 0.6) is 11.5 Å². The van der Waals surface area contributed by atoms with Gasteiger partial charge in [0.05, 0.1) is 10.8 Å². The van der Waals surface area contributed by atoms with Gasteiger partial charge in [0.25, 0.3) is 0 Å². The molecule has 332 valence electrons. The zero-order chi connectivity index (χ0) is 46.7. The Bertz CT molecular complexity index is 3870. The third-order valence-corrected chi connectivity index (χ3v) is 16.8. The Labute approximate surface area is 418 Å². The first-order valence-corrected chi connectivity index (χ1v) is 25.3. The van der Waals surface area contributed by atoms with E-state index in [1.807, 2.05) is 11.8 Å². The van der Waals surface area contributed by atoms with Crippen LogP contribution >= 0.6 is 11.8 Å². The molecule has 11 aromatic carbocycles. The van der Waals surface area contributed by atoms with E-state index in [0.29, 0.717) is 0 Å². The molecule has 15 rings (SSSR count). The SMILES string of the molecule is c1ccc(-c2cccc(-c3ccc(N(c4ccc5c(c4)-c4ccccc4C54c5ccccc5Sc5ccccc54)c4ccc5c(c4)C4(c6ccccc6Oc6ccccc64)c4ccccc4-5)cc3)c2)cc1. The second-order valence-electron chi connectivity index (χ2n) is 19.1. The predicted molar refractivity (Wildman–Crippen MR) is 291 cm³/mol. The molecule has 0 radical (unpaired) electrons. The lowest BCUT2D eigenvalue weighted by atomic mass is 9.66. The van der Waals surface area contributed by atoms with Crippen molar-refractivity contribution in [2.75, 3.05) is 4.90 Å². The van der Waals surface area contributed by atoms with Crippen LogP contribution in [-0.2, 0) is 10.8 Å². The smallest absolute Gasteiger partial charge is 0.132 e. The molecule has 3 heteroatoms. The molecule has 2 aliphatic carbocycles. The summed E-state index contributed by atoms with van der Waals surface area (Å²) in [5.74, 6) is 1.78. The molecule has 0 bridgehead atoms. The van der Waals surface area contributed by atoms with Gasteiger partial charge in [0.1, 0.15) is 11.5 Å². The zero-order valence-corrected chi connectivity index (χ0v) is 39.4. The minimum absolute atomic E-state index is 0.459. The summed E-state index contributed by atoms with van der Waals surface area (Å²) >= 11 is 1.88. The van der Waals surface area contributed by atoms with Crippen LogP contribution in [0.4, 0.5) is 17.1 Å². The topological polar surface area (TPSA) is 12.5 Å². The van der Waals surface area contributed by atoms with E-state index < -0.39 is 10.8 Å². The van der Waals surface area contributed by atoms with Gasteiger partial charge in [0.15, 0.2) is 0 Å². The van der Waals surface area contributed by atoms with Gasteiger partial charge in [-0.2, -0.15) is 0 Å². The maximum Gasteiger partial charge on any atom is 0.132 e. The number of para-hydroxylation sites is 2. The van der Waals surface area contributed by atoms with Crippen LogP contribution in [0, 0.1) is 0 Å². The molecule has 0 atom stereocenters. The summed E-state index contributed by atoms with van der Waals surface area (Å²) in [4.78, 5) is 5.08. The van der Waals surface area contributed by atoms with Crippen LogP contribution in [0.1, 0.15) is 44.5 Å². The van der Waals surface area contributed by atoms with Crippen LogP contribution in [0.3, 0.4) is 0 Å². The molecule has 0 fully saturated rings. The molecule has 0 unspecified atom stereocenters. The van der Waals surface area contributed by atoms with Crippen LogP contribution in [0.25, 0.3) is 44.5 Å². The van der Waals surface area contributed by atoms with Gasteiger partial charge in [-0.05, 0) is 145 Å². The number of benzene rings is 11. The number of fused-ring (bicyclic) bond motifs is 18. The van der Waals surface area contributed by atoms with Crippen molar-refractivity contribution in [3.63, 3.8) is 0 Å². The molecule has 71 heavy (non-hydrogen) atoms. The average Bonchev–Trinajstić information content (AvgIpc) is 3.90. The molecule has 2 heterocycles. The number of nitrogens with zero attached hydrogens (tertiary/aromatic N) is 1. The molecule has 4 aliphatic rings. The number of hydrogen-bond acceptors (Lipinski definition) is 3. The van der Waals surface area contributed by atoms with E-state index in [-0.39, 0.29) is 0 Å². The van der Waals surface area contributed by atoms with Crippen molar-refractivity contribution in [1.82, 2.24) is 0 Å². The molecule has 11 aromatic rings. The summed E-state index contributed by atoms with van der Waals surface area (Å²) in [6.45, 7) is 0. The van der Waals surface area contributed by atoms with E-state index in [1.165, 1.54) is 87.7 Å². The van der Waals surface area contributed by atoms with Crippen LogP contribution in [0.2, 0.25) is 0 Å². The molecule has 2 nitrogen and oxygen atoms in total. The minimum Gasteiger partial charge on any atom is -0.457 e. The molecule has 2 spiro atoms. The number of hydrogen-bond donors (Lipinski definition) is 0. The summed E-state index contributed by atoms with van der Waals surface area (Å²) in [6, 6.07) is 96.5. The standard InChI is InChI=1S/C68H43NOS/c1-2-17-44(18-3-1)46-19-16-20-47(41-46)45-33-35-48(36-34-45)69(49-38-40-57-54(42-49)52-22-5-7-24-56(52)67(57)60-27-10-14-31-65(60)71-66-32-15-11-28-61(66)67)50-37-39-53-51-21-4-6-23-55(51)68(62(53)43-50)58-25-8-12-29-63(58)70-64-30-13-9-26-59(64)68/h1-43H. The lowest BCUT2D eigenvalue weighted by molar-refractivity contribution is 0.436. The third-order valence-electron chi connectivity index (χ3n) is 15.6. The highest BCUT2D eigenvalue weighted by molar-refractivity contribution is 7.99. The molecule has 0 N–H and O–H groups in total. The van der Waals surface area contributed by atoms with Crippen molar-refractivity contribution in [1.29, 1.82) is 0 Å². The highest BCUT2D eigenvalue weighted by atomic mass is 32.2. The van der Waals surface area contributed by atoms with Gasteiger partial charge in [0, 0.05) is 38.0 Å². The first-order valence-electron chi connectivity index (χ1n) is 24.5. The van der Waals surface area contributed by atoms with Gasteiger partial charge in [-0.25, -0.2) is 0 Å². The summed E-state index contributed by atoms with van der Waals surface area (Å²) in [6.07, 6.45) is 0. The van der Waals surface area contributed by atoms with Gasteiger partial charge in [0.2, 0.25) is 0 Å². The summed E-state index contributed by atoms with van der Waals surface area (Å²) < 4.78 is 6.74. The average molecular weight is 922 g/mol. The Morgan fingerprint density at radius 3 is 1.35 bits per heavy atom. The third kappa shape index (κ3) is 5.67. The van der Waals surface area contributed by atoms with Crippen LogP contribution in [-0.4, -0.2) is 0 Å². The van der Waals surface area contributed by atoms with E-state index in [0.717, 1.165) is 39.7 Å². The van der Waals surface area contributed by atoms with Crippen molar-refractivity contribution < 1.29 is 4.74 Å². The molecule has 0 saturated heterocycles. The van der Waals surface area contributed by atoms with Crippen molar-refractivity contribution in [3.05, 3.63) is 305 Å². The van der Waals surface area contributed by atoms with Gasteiger partial charge >= 0.3 is 0 Å². The highest BCUT2D eigenvalue weighted by Gasteiger charge is 2.52. The Kier molecular flexibility index (Phi) is 8.76. The first kappa shape index (κ1) is 40.3. The predicted octanol–water partition coefficient (Wildman–Crippen LogP) is 17.8. The minimum atomic E-state index is -0.601. The normalized spacial score (nSPS) is 14.2. The number of rotatable bonds is 5. The van der Waals surface area contributed by atoms with E-state index in [9.17, 15) is 0 Å². The van der Waals surface area contributed by atoms with Crippen molar-refractivity contribution >= 4 is 28.8 Å². The Hall–Kier alpha value is -8.63. The maximum atomic E-state index is 6.74. The quantitative estimate of drug-likeness (QED) is 0.171. The fraction of sp³-hybridized carbons (Fsp3) is 0.0294. The molecule has 2 aliphatic heterocycles. The fourth-order valence-corrected chi connectivity index (χ4v) is 13.9. The zero-order valence-electron chi connectivity index (χ0n) is 38.6. The maximum absolute atomic E-state index is 6.74. The van der Waals surface area contributed by atoms with Crippen LogP contribution < -0.4 is 9.64 Å². The lowest BCUT2D eigenvalue weighted by Gasteiger charge is -2.40. The van der Waals surface area contributed by atoms with E-state index in [4.69, 9.17) is 4.74 Å². The molecular formula is C68H43NOS. The van der Waals surface area contributed by atoms with Gasteiger partial charge in [-0.3, -0.25) is 0 Å². The fourth-order valence-electron chi connectivity index (χ4n) is 12.7. The number of anilines is 3. The summed E-state index contributed by atoms with van der Waals surface area (Å²) in [7, 11) is 0. The monoisotopic (exact) mass is 921 g/mol. The second-order valence-corrected chi connectivity index (χ2v) is 20.2. The van der Waals surface area contributed by atoms with Crippen molar-refractivity contribution in [3.8, 4) is 56.0 Å². The van der Waals surface area contributed by atoms with E-state index in [1.54, 1.807) is 0 Å². The molecule has 0 amide bonds. The van der Waals surface area contributed by atoms with Gasteiger partial charge in [-0.1, -0.05) is 206 Å². The van der Waals surface area contributed by atoms with E-state index >= 15 is 0 Å². The van der Waals surface area contributed by atoms with Gasteiger partial charge < -0.3 is 9.64 Å². The Morgan fingerprint density at radius 1 is 0.268 bits per heavy atom. The van der Waals surface area contributed by atoms with E-state index in [2.05, 4.69) is 266 Å². The summed E-state index contributed by atoms with van der Waals surface area (Å²) in [5, 5.41) is 0. The largest absolute Gasteiger partial charge is 0.457 e.